The number of morpholine rings is 1. The van der Waals surface area contributed by atoms with Gasteiger partial charge in [0.1, 0.15) is 0 Å². The predicted molar refractivity (Wildman–Crippen MR) is 72.8 cm³/mol. The van der Waals surface area contributed by atoms with Gasteiger partial charge in [-0.25, -0.2) is 0 Å². The number of rotatable bonds is 4. The van der Waals surface area contributed by atoms with E-state index in [0.29, 0.717) is 18.8 Å². The zero-order chi connectivity index (χ0) is 13.8. The molecule has 1 atom stereocenters. The summed E-state index contributed by atoms with van der Waals surface area (Å²) in [4.78, 5) is 12.6. The van der Waals surface area contributed by atoms with E-state index in [4.69, 9.17) is 10.5 Å². The molecule has 0 saturated carbocycles. The Morgan fingerprint density at radius 2 is 2.37 bits per heavy atom. The van der Waals surface area contributed by atoms with Gasteiger partial charge in [0.15, 0.2) is 0 Å². The molecule has 6 nitrogen and oxygen atoms in total. The molecule has 19 heavy (non-hydrogen) atoms. The maximum atomic E-state index is 10.8. The maximum absolute atomic E-state index is 10.8. The SMILES string of the molecule is CCC1CN(Cc2cc([N+](=O)[O-])ccc2N)CCO1. The number of nitro groups is 1. The van der Waals surface area contributed by atoms with Gasteiger partial charge in [0.05, 0.1) is 17.6 Å². The van der Waals surface area contributed by atoms with E-state index >= 15 is 0 Å². The summed E-state index contributed by atoms with van der Waals surface area (Å²) in [7, 11) is 0. The fraction of sp³-hybridized carbons (Fsp3) is 0.538. The first-order chi connectivity index (χ1) is 9.10. The summed E-state index contributed by atoms with van der Waals surface area (Å²) in [5.41, 5.74) is 7.39. The summed E-state index contributed by atoms with van der Waals surface area (Å²) in [5, 5.41) is 10.8. The topological polar surface area (TPSA) is 81.6 Å². The fourth-order valence-electron chi connectivity index (χ4n) is 2.25. The van der Waals surface area contributed by atoms with Gasteiger partial charge in [0.25, 0.3) is 5.69 Å². The molecule has 1 unspecified atom stereocenters. The van der Waals surface area contributed by atoms with Crippen LogP contribution in [-0.2, 0) is 11.3 Å². The van der Waals surface area contributed by atoms with E-state index in [2.05, 4.69) is 11.8 Å². The van der Waals surface area contributed by atoms with Crippen LogP contribution >= 0.6 is 0 Å². The molecule has 1 fully saturated rings. The zero-order valence-electron chi connectivity index (χ0n) is 11.0. The van der Waals surface area contributed by atoms with Crippen molar-refractivity contribution in [1.82, 2.24) is 4.90 Å². The molecule has 2 N–H and O–H groups in total. The molecule has 104 valence electrons. The minimum Gasteiger partial charge on any atom is -0.398 e. The lowest BCUT2D eigenvalue weighted by molar-refractivity contribution is -0.384. The standard InChI is InChI=1S/C13H19N3O3/c1-2-12-9-15(5-6-19-12)8-10-7-11(16(17)18)3-4-13(10)14/h3-4,7,12H,2,5-6,8-9,14H2,1H3. The van der Waals surface area contributed by atoms with Crippen molar-refractivity contribution < 1.29 is 9.66 Å². The lowest BCUT2D eigenvalue weighted by Crippen LogP contribution is -2.41. The lowest BCUT2D eigenvalue weighted by Gasteiger charge is -2.32. The third kappa shape index (κ3) is 3.42. The smallest absolute Gasteiger partial charge is 0.269 e. The Kier molecular flexibility index (Phi) is 4.34. The quantitative estimate of drug-likeness (QED) is 0.510. The van der Waals surface area contributed by atoms with Crippen LogP contribution in [0.4, 0.5) is 11.4 Å². The van der Waals surface area contributed by atoms with Gasteiger partial charge in [0.2, 0.25) is 0 Å². The van der Waals surface area contributed by atoms with E-state index in [1.165, 1.54) is 6.07 Å². The van der Waals surface area contributed by atoms with Crippen LogP contribution in [0.3, 0.4) is 0 Å². The molecule has 0 amide bonds. The highest BCUT2D eigenvalue weighted by atomic mass is 16.6. The first kappa shape index (κ1) is 13.8. The normalized spacial score (nSPS) is 20.4. The second-order valence-electron chi connectivity index (χ2n) is 4.78. The Bertz CT molecular complexity index is 464. The van der Waals surface area contributed by atoms with Crippen molar-refractivity contribution in [1.29, 1.82) is 0 Å². The summed E-state index contributed by atoms with van der Waals surface area (Å²) in [6, 6.07) is 4.60. The highest BCUT2D eigenvalue weighted by Gasteiger charge is 2.20. The van der Waals surface area contributed by atoms with E-state index in [1.807, 2.05) is 0 Å². The molecule has 0 aliphatic carbocycles. The number of non-ortho nitro benzene ring substituents is 1. The largest absolute Gasteiger partial charge is 0.398 e. The number of ether oxygens (including phenoxy) is 1. The summed E-state index contributed by atoms with van der Waals surface area (Å²) in [6.45, 7) is 5.11. The molecular weight excluding hydrogens is 246 g/mol. The van der Waals surface area contributed by atoms with Crippen LogP contribution in [0.25, 0.3) is 0 Å². The Morgan fingerprint density at radius 3 is 3.05 bits per heavy atom. The van der Waals surface area contributed by atoms with Crippen LogP contribution in [0.15, 0.2) is 18.2 Å². The van der Waals surface area contributed by atoms with Gasteiger partial charge in [-0.3, -0.25) is 15.0 Å². The molecule has 2 rings (SSSR count). The van der Waals surface area contributed by atoms with E-state index in [1.54, 1.807) is 12.1 Å². The number of nitrogen functional groups attached to an aromatic ring is 1. The summed E-state index contributed by atoms with van der Waals surface area (Å²) in [6.07, 6.45) is 1.22. The second kappa shape index (κ2) is 5.99. The summed E-state index contributed by atoms with van der Waals surface area (Å²) >= 11 is 0. The molecule has 1 aromatic carbocycles. The average Bonchev–Trinajstić information content (AvgIpc) is 2.41. The predicted octanol–water partition coefficient (Wildman–Crippen LogP) is 1.79. The van der Waals surface area contributed by atoms with Crippen molar-refractivity contribution in [2.75, 3.05) is 25.4 Å². The van der Waals surface area contributed by atoms with E-state index in [-0.39, 0.29) is 11.8 Å². The molecule has 1 heterocycles. The van der Waals surface area contributed by atoms with E-state index < -0.39 is 4.92 Å². The van der Waals surface area contributed by atoms with Gasteiger partial charge >= 0.3 is 0 Å². The third-order valence-corrected chi connectivity index (χ3v) is 3.41. The molecule has 0 bridgehead atoms. The molecule has 1 saturated heterocycles. The van der Waals surface area contributed by atoms with Gasteiger partial charge in [-0.1, -0.05) is 6.92 Å². The average molecular weight is 265 g/mol. The molecule has 1 aromatic rings. The minimum absolute atomic E-state index is 0.0875. The Balaban J connectivity index is 2.09. The highest BCUT2D eigenvalue weighted by molar-refractivity contribution is 5.52. The van der Waals surface area contributed by atoms with Crippen molar-refractivity contribution in [2.24, 2.45) is 0 Å². The third-order valence-electron chi connectivity index (χ3n) is 3.41. The van der Waals surface area contributed by atoms with Gasteiger partial charge in [0, 0.05) is 37.5 Å². The van der Waals surface area contributed by atoms with E-state index in [9.17, 15) is 10.1 Å². The van der Waals surface area contributed by atoms with Crippen molar-refractivity contribution in [3.63, 3.8) is 0 Å². The van der Waals surface area contributed by atoms with Crippen molar-refractivity contribution in [3.05, 3.63) is 33.9 Å². The minimum atomic E-state index is -0.392. The van der Waals surface area contributed by atoms with Crippen molar-refractivity contribution in [2.45, 2.75) is 26.0 Å². The molecule has 0 spiro atoms. The van der Waals surface area contributed by atoms with Gasteiger partial charge in [-0.2, -0.15) is 0 Å². The summed E-state index contributed by atoms with van der Waals surface area (Å²) in [5.74, 6) is 0. The van der Waals surface area contributed by atoms with E-state index in [0.717, 1.165) is 25.1 Å². The van der Waals surface area contributed by atoms with Crippen LogP contribution in [-0.4, -0.2) is 35.6 Å². The van der Waals surface area contributed by atoms with Crippen LogP contribution in [0.5, 0.6) is 0 Å². The molecule has 0 radical (unpaired) electrons. The molecular formula is C13H19N3O3. The molecule has 1 aliphatic rings. The number of hydrogen-bond acceptors (Lipinski definition) is 5. The lowest BCUT2D eigenvalue weighted by atomic mass is 10.1. The Hall–Kier alpha value is -1.66. The molecule has 1 aliphatic heterocycles. The van der Waals surface area contributed by atoms with Gasteiger partial charge in [-0.15, -0.1) is 0 Å². The second-order valence-corrected chi connectivity index (χ2v) is 4.78. The first-order valence-corrected chi connectivity index (χ1v) is 6.47. The monoisotopic (exact) mass is 265 g/mol. The number of nitrogens with two attached hydrogens (primary N) is 1. The van der Waals surface area contributed by atoms with Crippen LogP contribution in [0.1, 0.15) is 18.9 Å². The van der Waals surface area contributed by atoms with Crippen LogP contribution in [0.2, 0.25) is 0 Å². The number of nitro benzene ring substituents is 1. The zero-order valence-corrected chi connectivity index (χ0v) is 11.0. The number of benzene rings is 1. The number of nitrogens with zero attached hydrogens (tertiary/aromatic N) is 2. The van der Waals surface area contributed by atoms with Gasteiger partial charge in [-0.05, 0) is 18.1 Å². The Labute approximate surface area is 112 Å². The molecule has 6 heteroatoms. The molecule has 0 aromatic heterocycles. The number of hydrogen-bond donors (Lipinski definition) is 1. The highest BCUT2D eigenvalue weighted by Crippen LogP contribution is 2.22. The fourth-order valence-corrected chi connectivity index (χ4v) is 2.25. The van der Waals surface area contributed by atoms with Gasteiger partial charge < -0.3 is 10.5 Å². The van der Waals surface area contributed by atoms with Crippen LogP contribution in [0, 0.1) is 10.1 Å². The van der Waals surface area contributed by atoms with Crippen LogP contribution < -0.4 is 5.73 Å². The van der Waals surface area contributed by atoms with Crippen molar-refractivity contribution in [3.8, 4) is 0 Å². The maximum Gasteiger partial charge on any atom is 0.269 e. The first-order valence-electron chi connectivity index (χ1n) is 6.47. The summed E-state index contributed by atoms with van der Waals surface area (Å²) < 4.78 is 5.61. The Morgan fingerprint density at radius 1 is 1.58 bits per heavy atom. The van der Waals surface area contributed by atoms with Crippen molar-refractivity contribution >= 4 is 11.4 Å². The number of anilines is 1.